The average Bonchev–Trinajstić information content (AvgIpc) is 2.48. The Bertz CT molecular complexity index is 395. The van der Waals surface area contributed by atoms with Gasteiger partial charge in [-0.3, -0.25) is 0 Å². The molecule has 0 heterocycles. The number of carbonyl (C=O) groups is 1. The molecule has 0 aliphatic heterocycles. The average molecular weight is 276 g/mol. The highest BCUT2D eigenvalue weighted by Gasteiger charge is 1.97. The first-order chi connectivity index (χ1) is 9.76. The third kappa shape index (κ3) is 7.10. The highest BCUT2D eigenvalue weighted by Crippen LogP contribution is 2.10. The van der Waals surface area contributed by atoms with Crippen LogP contribution in [0.5, 0.6) is 0 Å². The second-order valence-corrected chi connectivity index (χ2v) is 4.83. The van der Waals surface area contributed by atoms with Crippen molar-refractivity contribution in [3.8, 4) is 0 Å². The number of rotatable bonds is 10. The molecule has 110 valence electrons. The molecule has 1 aromatic carbocycles. The van der Waals surface area contributed by atoms with Crippen LogP contribution in [0, 0.1) is 0 Å². The number of hydrogen-bond acceptors (Lipinski definition) is 3. The lowest BCUT2D eigenvalue weighted by molar-refractivity contribution is -0.137. The Morgan fingerprint density at radius 3 is 2.25 bits per heavy atom. The van der Waals surface area contributed by atoms with Crippen LogP contribution in [0.4, 0.5) is 0 Å². The van der Waals surface area contributed by atoms with Gasteiger partial charge in [-0.25, -0.2) is 4.79 Å². The van der Waals surface area contributed by atoms with Crippen LogP contribution in [0.3, 0.4) is 0 Å². The van der Waals surface area contributed by atoms with Crippen molar-refractivity contribution >= 4 is 5.97 Å². The third-order valence-corrected chi connectivity index (χ3v) is 3.19. The smallest absolute Gasteiger partial charge is 0.330 e. The highest BCUT2D eigenvalue weighted by molar-refractivity contribution is 5.81. The summed E-state index contributed by atoms with van der Waals surface area (Å²) in [6.45, 7) is 4.04. The van der Waals surface area contributed by atoms with Crippen molar-refractivity contribution in [2.24, 2.45) is 0 Å². The summed E-state index contributed by atoms with van der Waals surface area (Å²) in [6, 6.07) is 8.44. The molecular weight excluding hydrogens is 252 g/mol. The quantitative estimate of drug-likeness (QED) is 0.406. The Morgan fingerprint density at radius 2 is 1.65 bits per heavy atom. The maximum atomic E-state index is 10.8. The molecular formula is C17H24O3. The van der Waals surface area contributed by atoms with E-state index >= 15 is 0 Å². The standard InChI is InChI=1S/C17H24O3/c1-2-17(19)20-14-6-4-3-5-7-15-8-10-16(11-9-15)12-13-18/h2,8-11,18H,1,3-7,12-14H2. The SMILES string of the molecule is C=CC(=O)OCCCCCCc1ccc(CCO)cc1. The van der Waals surface area contributed by atoms with Gasteiger partial charge >= 0.3 is 5.97 Å². The number of aliphatic hydroxyl groups is 1. The summed E-state index contributed by atoms with van der Waals surface area (Å²) in [7, 11) is 0. The first kappa shape index (κ1) is 16.4. The molecule has 20 heavy (non-hydrogen) atoms. The summed E-state index contributed by atoms with van der Waals surface area (Å²) in [6.07, 6.45) is 7.27. The molecule has 0 atom stereocenters. The van der Waals surface area contributed by atoms with E-state index in [1.165, 1.54) is 17.2 Å². The van der Waals surface area contributed by atoms with E-state index in [-0.39, 0.29) is 12.6 Å². The van der Waals surface area contributed by atoms with Gasteiger partial charge in [0.1, 0.15) is 0 Å². The van der Waals surface area contributed by atoms with Crippen LogP contribution < -0.4 is 0 Å². The van der Waals surface area contributed by atoms with Gasteiger partial charge in [-0.1, -0.05) is 43.7 Å². The van der Waals surface area contributed by atoms with Gasteiger partial charge in [0.05, 0.1) is 6.61 Å². The second kappa shape index (κ2) is 10.2. The van der Waals surface area contributed by atoms with Crippen LogP contribution >= 0.6 is 0 Å². The molecule has 0 amide bonds. The lowest BCUT2D eigenvalue weighted by Crippen LogP contribution is -2.01. The van der Waals surface area contributed by atoms with Crippen LogP contribution in [0.2, 0.25) is 0 Å². The van der Waals surface area contributed by atoms with Gasteiger partial charge in [0.25, 0.3) is 0 Å². The van der Waals surface area contributed by atoms with Crippen LogP contribution in [-0.2, 0) is 22.4 Å². The predicted octanol–water partition coefficient (Wildman–Crippen LogP) is 3.05. The molecule has 0 radical (unpaired) electrons. The zero-order valence-electron chi connectivity index (χ0n) is 12.0. The summed E-state index contributed by atoms with van der Waals surface area (Å²) in [4.78, 5) is 10.8. The topological polar surface area (TPSA) is 46.5 Å². The zero-order valence-corrected chi connectivity index (χ0v) is 12.0. The minimum Gasteiger partial charge on any atom is -0.463 e. The Labute approximate surface area is 121 Å². The zero-order chi connectivity index (χ0) is 14.6. The minimum atomic E-state index is -0.340. The first-order valence-electron chi connectivity index (χ1n) is 7.24. The summed E-state index contributed by atoms with van der Waals surface area (Å²) >= 11 is 0. The Hall–Kier alpha value is -1.61. The van der Waals surface area contributed by atoms with E-state index in [1.807, 2.05) is 0 Å². The molecule has 1 rings (SSSR count). The molecule has 0 unspecified atom stereocenters. The fourth-order valence-corrected chi connectivity index (χ4v) is 2.02. The van der Waals surface area contributed by atoms with Crippen molar-refractivity contribution in [2.45, 2.75) is 38.5 Å². The number of aliphatic hydroxyl groups excluding tert-OH is 1. The van der Waals surface area contributed by atoms with Gasteiger partial charge in [-0.2, -0.15) is 0 Å². The van der Waals surface area contributed by atoms with Crippen LogP contribution in [0.25, 0.3) is 0 Å². The van der Waals surface area contributed by atoms with Gasteiger partial charge in [0.2, 0.25) is 0 Å². The fourth-order valence-electron chi connectivity index (χ4n) is 2.02. The van der Waals surface area contributed by atoms with E-state index in [0.717, 1.165) is 38.5 Å². The Kier molecular flexibility index (Phi) is 8.40. The molecule has 3 nitrogen and oxygen atoms in total. The Balaban J connectivity index is 2.06. The maximum Gasteiger partial charge on any atom is 0.330 e. The number of hydrogen-bond donors (Lipinski definition) is 1. The van der Waals surface area contributed by atoms with Gasteiger partial charge in [-0.05, 0) is 36.8 Å². The normalized spacial score (nSPS) is 10.2. The molecule has 0 aromatic heterocycles. The summed E-state index contributed by atoms with van der Waals surface area (Å²) in [5.74, 6) is -0.340. The number of aryl methyl sites for hydroxylation is 1. The maximum absolute atomic E-state index is 10.8. The van der Waals surface area contributed by atoms with Crippen molar-refractivity contribution in [1.29, 1.82) is 0 Å². The van der Waals surface area contributed by atoms with Crippen molar-refractivity contribution in [3.63, 3.8) is 0 Å². The molecule has 0 spiro atoms. The molecule has 1 aromatic rings. The first-order valence-corrected chi connectivity index (χ1v) is 7.24. The van der Waals surface area contributed by atoms with E-state index in [2.05, 4.69) is 30.8 Å². The van der Waals surface area contributed by atoms with E-state index in [9.17, 15) is 4.79 Å². The number of carbonyl (C=O) groups excluding carboxylic acids is 1. The molecule has 1 N–H and O–H groups in total. The van der Waals surface area contributed by atoms with Crippen molar-refractivity contribution in [3.05, 3.63) is 48.0 Å². The lowest BCUT2D eigenvalue weighted by atomic mass is 10.0. The van der Waals surface area contributed by atoms with Crippen LogP contribution in [0.1, 0.15) is 36.8 Å². The number of ether oxygens (including phenoxy) is 1. The largest absolute Gasteiger partial charge is 0.463 e. The lowest BCUT2D eigenvalue weighted by Gasteiger charge is -2.04. The minimum absolute atomic E-state index is 0.204. The van der Waals surface area contributed by atoms with Gasteiger partial charge in [0, 0.05) is 12.7 Å². The fraction of sp³-hybridized carbons (Fsp3) is 0.471. The summed E-state index contributed by atoms with van der Waals surface area (Å²) in [5.41, 5.74) is 2.52. The molecule has 0 saturated carbocycles. The van der Waals surface area contributed by atoms with Crippen LogP contribution in [0.15, 0.2) is 36.9 Å². The summed E-state index contributed by atoms with van der Waals surface area (Å²) < 4.78 is 4.91. The van der Waals surface area contributed by atoms with E-state index in [4.69, 9.17) is 9.84 Å². The van der Waals surface area contributed by atoms with E-state index in [1.54, 1.807) is 0 Å². The van der Waals surface area contributed by atoms with Crippen molar-refractivity contribution in [1.82, 2.24) is 0 Å². The molecule has 0 saturated heterocycles. The molecule has 0 bridgehead atoms. The van der Waals surface area contributed by atoms with Crippen molar-refractivity contribution in [2.75, 3.05) is 13.2 Å². The third-order valence-electron chi connectivity index (χ3n) is 3.19. The second-order valence-electron chi connectivity index (χ2n) is 4.83. The van der Waals surface area contributed by atoms with Gasteiger partial charge < -0.3 is 9.84 Å². The summed E-state index contributed by atoms with van der Waals surface area (Å²) in [5, 5.41) is 8.85. The molecule has 0 aliphatic rings. The molecule has 0 aliphatic carbocycles. The predicted molar refractivity (Wildman–Crippen MR) is 80.6 cm³/mol. The van der Waals surface area contributed by atoms with E-state index < -0.39 is 0 Å². The van der Waals surface area contributed by atoms with E-state index in [0.29, 0.717) is 6.61 Å². The van der Waals surface area contributed by atoms with Crippen LogP contribution in [-0.4, -0.2) is 24.3 Å². The number of unbranched alkanes of at least 4 members (excludes halogenated alkanes) is 3. The number of esters is 1. The molecule has 0 fully saturated rings. The highest BCUT2D eigenvalue weighted by atomic mass is 16.5. The molecule has 3 heteroatoms. The number of benzene rings is 1. The Morgan fingerprint density at radius 1 is 1.05 bits per heavy atom. The van der Waals surface area contributed by atoms with Crippen molar-refractivity contribution < 1.29 is 14.6 Å². The van der Waals surface area contributed by atoms with Gasteiger partial charge in [-0.15, -0.1) is 0 Å². The monoisotopic (exact) mass is 276 g/mol. The van der Waals surface area contributed by atoms with Gasteiger partial charge in [0.15, 0.2) is 0 Å².